The number of hydrogen-bond donors (Lipinski definition) is 0. The molecule has 3 aromatic heterocycles. The Kier molecular flexibility index (Phi) is 4.53. The number of fused-ring (bicyclic) bond motifs is 7. The number of pyridine rings is 1. The van der Waals surface area contributed by atoms with Crippen molar-refractivity contribution in [2.45, 2.75) is 52.3 Å². The summed E-state index contributed by atoms with van der Waals surface area (Å²) in [5, 5.41) is 7.63. The Labute approximate surface area is 231 Å². The second-order valence-electron chi connectivity index (χ2n) is 12.6. The van der Waals surface area contributed by atoms with Gasteiger partial charge >= 0.3 is 0 Å². The monoisotopic (exact) mass is 508 g/mol. The van der Waals surface area contributed by atoms with Crippen LogP contribution in [0.25, 0.3) is 60.1 Å². The summed E-state index contributed by atoms with van der Waals surface area (Å²) in [6, 6.07) is 29.0. The highest BCUT2D eigenvalue weighted by Crippen LogP contribution is 2.49. The topological polar surface area (TPSA) is 8.29 Å². The molecule has 39 heavy (non-hydrogen) atoms. The van der Waals surface area contributed by atoms with Gasteiger partial charge in [0.2, 0.25) is 5.69 Å². The van der Waals surface area contributed by atoms with E-state index in [0.717, 1.165) is 25.7 Å². The first-order chi connectivity index (χ1) is 19.3. The van der Waals surface area contributed by atoms with Gasteiger partial charge in [-0.1, -0.05) is 74.5 Å². The molecule has 1 aliphatic carbocycles. The first-order valence-electron chi connectivity index (χ1n) is 14.9. The Bertz CT molecular complexity index is 2120. The number of hydrogen-bond acceptors (Lipinski definition) is 0. The number of para-hydroxylation sites is 1. The van der Waals surface area contributed by atoms with Gasteiger partial charge in [0.1, 0.15) is 7.05 Å². The minimum atomic E-state index is -0.554. The lowest BCUT2D eigenvalue weighted by molar-refractivity contribution is -0.659. The van der Waals surface area contributed by atoms with Gasteiger partial charge in [-0.05, 0) is 72.6 Å². The van der Waals surface area contributed by atoms with Crippen molar-refractivity contribution in [1.29, 1.82) is 0 Å². The van der Waals surface area contributed by atoms with Crippen LogP contribution in [-0.2, 0) is 7.05 Å². The molecule has 0 spiro atoms. The molecule has 4 aromatic carbocycles. The summed E-state index contributed by atoms with van der Waals surface area (Å²) < 4.78 is 14.6. The average Bonchev–Trinajstić information content (AvgIpc) is 3.47. The van der Waals surface area contributed by atoms with Crippen LogP contribution in [0.15, 0.2) is 85.1 Å². The number of rotatable bonds is 2. The van der Waals surface area contributed by atoms with E-state index in [1.165, 1.54) is 71.3 Å². The van der Waals surface area contributed by atoms with E-state index >= 15 is 0 Å². The number of aromatic nitrogens is 2. The van der Waals surface area contributed by atoms with E-state index in [0.29, 0.717) is 5.41 Å². The highest BCUT2D eigenvalue weighted by molar-refractivity contribution is 6.26. The predicted octanol–water partition coefficient (Wildman–Crippen LogP) is 9.47. The minimum absolute atomic E-state index is 0.323. The Hall–Kier alpha value is -3.91. The molecule has 0 atom stereocenters. The molecule has 192 valence electrons. The summed E-state index contributed by atoms with van der Waals surface area (Å²) in [7, 11) is 2.17. The molecule has 3 heterocycles. The van der Waals surface area contributed by atoms with Gasteiger partial charge in [0.15, 0.2) is 6.20 Å². The molecule has 1 fully saturated rings. The molecule has 1 aliphatic rings. The third-order valence-electron chi connectivity index (χ3n) is 9.56. The van der Waals surface area contributed by atoms with Crippen LogP contribution in [0.3, 0.4) is 0 Å². The largest absolute Gasteiger partial charge is 0.307 e. The van der Waals surface area contributed by atoms with Gasteiger partial charge in [0, 0.05) is 34.4 Å². The number of aryl methyl sites for hydroxylation is 2. The Morgan fingerprint density at radius 2 is 1.51 bits per heavy atom. The summed E-state index contributed by atoms with van der Waals surface area (Å²) in [5.41, 5.74) is 9.09. The number of nitrogens with zero attached hydrogens (tertiary/aromatic N) is 2. The molecule has 0 unspecified atom stereocenters. The summed E-state index contributed by atoms with van der Waals surface area (Å²) in [5.74, 6) is -0.554. The van der Waals surface area contributed by atoms with Crippen LogP contribution in [0.2, 0.25) is 0 Å². The molecule has 1 saturated carbocycles. The molecule has 0 radical (unpaired) electrons. The van der Waals surface area contributed by atoms with Gasteiger partial charge in [-0.3, -0.25) is 0 Å². The maximum absolute atomic E-state index is 9.76. The van der Waals surface area contributed by atoms with Gasteiger partial charge in [-0.25, -0.2) is 4.57 Å². The van der Waals surface area contributed by atoms with E-state index in [9.17, 15) is 1.37 Å². The van der Waals surface area contributed by atoms with Crippen LogP contribution < -0.4 is 4.57 Å². The molecule has 7 aromatic rings. The summed E-state index contributed by atoms with van der Waals surface area (Å²) in [4.78, 5) is 0. The molecular formula is C37H35N2+. The predicted molar refractivity (Wildman–Crippen MR) is 165 cm³/mol. The second kappa shape index (κ2) is 8.05. The fraction of sp³-hybridized carbons (Fsp3) is 0.270. The Morgan fingerprint density at radius 3 is 2.33 bits per heavy atom. The standard InChI is InChI=1S/C37H35N2/c1-23-13-14-28-29-16-15-27(24-17-19-37(2,3)20-18-24)34-30-11-7-8-12-31(30)39(36(29)34)35(28)33(23)32-21-25-9-5-6-10-26(25)22-38(32)4/h5-16,21-22,24H,17-20H2,1-4H3/q+1/i24D. The van der Waals surface area contributed by atoms with Gasteiger partial charge in [0.05, 0.1) is 22.1 Å². The minimum Gasteiger partial charge on any atom is -0.307 e. The zero-order chi connectivity index (χ0) is 27.4. The summed E-state index contributed by atoms with van der Waals surface area (Å²) in [6.45, 7) is 6.96. The van der Waals surface area contributed by atoms with E-state index in [4.69, 9.17) is 0 Å². The van der Waals surface area contributed by atoms with Gasteiger partial charge < -0.3 is 4.40 Å². The molecule has 0 amide bonds. The van der Waals surface area contributed by atoms with Crippen molar-refractivity contribution in [2.24, 2.45) is 12.5 Å². The fourth-order valence-electron chi connectivity index (χ4n) is 7.34. The third-order valence-corrected chi connectivity index (χ3v) is 9.56. The van der Waals surface area contributed by atoms with Crippen molar-refractivity contribution in [1.82, 2.24) is 4.40 Å². The Balaban J connectivity index is 1.51. The molecule has 2 heteroatoms. The van der Waals surface area contributed by atoms with Crippen molar-refractivity contribution >= 4 is 48.9 Å². The van der Waals surface area contributed by atoms with Gasteiger partial charge in [-0.15, -0.1) is 0 Å². The van der Waals surface area contributed by atoms with Gasteiger partial charge in [0.25, 0.3) is 0 Å². The Morgan fingerprint density at radius 1 is 0.821 bits per heavy atom. The zero-order valence-electron chi connectivity index (χ0n) is 24.3. The van der Waals surface area contributed by atoms with Crippen molar-refractivity contribution in [3.63, 3.8) is 0 Å². The molecule has 8 rings (SSSR count). The fourth-order valence-corrected chi connectivity index (χ4v) is 7.34. The van der Waals surface area contributed by atoms with E-state index < -0.39 is 5.89 Å². The number of benzene rings is 4. The molecule has 0 saturated heterocycles. The van der Waals surface area contributed by atoms with Crippen LogP contribution in [0.1, 0.15) is 57.9 Å². The highest BCUT2D eigenvalue weighted by Gasteiger charge is 2.31. The van der Waals surface area contributed by atoms with E-state index in [1.54, 1.807) is 0 Å². The van der Waals surface area contributed by atoms with Crippen molar-refractivity contribution < 1.29 is 5.94 Å². The van der Waals surface area contributed by atoms with E-state index in [-0.39, 0.29) is 0 Å². The molecule has 0 aliphatic heterocycles. The van der Waals surface area contributed by atoms with Crippen LogP contribution in [-0.4, -0.2) is 4.40 Å². The van der Waals surface area contributed by atoms with Gasteiger partial charge in [-0.2, -0.15) is 0 Å². The highest BCUT2D eigenvalue weighted by atomic mass is 14.9. The average molecular weight is 509 g/mol. The van der Waals surface area contributed by atoms with Crippen LogP contribution in [0.5, 0.6) is 0 Å². The molecular weight excluding hydrogens is 472 g/mol. The van der Waals surface area contributed by atoms with Crippen LogP contribution >= 0.6 is 0 Å². The lowest BCUT2D eigenvalue weighted by Gasteiger charge is -2.34. The van der Waals surface area contributed by atoms with E-state index in [1.807, 2.05) is 0 Å². The molecule has 2 nitrogen and oxygen atoms in total. The van der Waals surface area contributed by atoms with Crippen molar-refractivity contribution in [3.8, 4) is 11.3 Å². The summed E-state index contributed by atoms with van der Waals surface area (Å²) in [6.07, 6.45) is 6.28. The third kappa shape index (κ3) is 3.24. The SMILES string of the molecule is [2H]C1(c2ccc3c4ccc(C)c(-c5cc6ccccc6c[n+]5C)c4n4c5ccccc5c2c34)CCC(C)(C)CC1. The second-order valence-corrected chi connectivity index (χ2v) is 12.6. The normalized spacial score (nSPS) is 17.6. The first-order valence-corrected chi connectivity index (χ1v) is 14.4. The maximum atomic E-state index is 9.76. The van der Waals surface area contributed by atoms with Crippen molar-refractivity contribution in [2.75, 3.05) is 0 Å². The smallest absolute Gasteiger partial charge is 0.215 e. The lowest BCUT2D eigenvalue weighted by Crippen LogP contribution is -2.30. The molecule has 0 N–H and O–H groups in total. The quantitative estimate of drug-likeness (QED) is 0.206. The molecule has 0 bridgehead atoms. The van der Waals surface area contributed by atoms with E-state index in [2.05, 4.69) is 122 Å². The van der Waals surface area contributed by atoms with Crippen molar-refractivity contribution in [3.05, 3.63) is 96.2 Å². The first kappa shape index (κ1) is 22.0. The summed E-state index contributed by atoms with van der Waals surface area (Å²) >= 11 is 0. The van der Waals surface area contributed by atoms with Crippen LogP contribution in [0.4, 0.5) is 0 Å². The maximum Gasteiger partial charge on any atom is 0.215 e. The zero-order valence-corrected chi connectivity index (χ0v) is 23.3. The lowest BCUT2D eigenvalue weighted by atomic mass is 9.71. The van der Waals surface area contributed by atoms with Crippen LogP contribution in [0, 0.1) is 12.3 Å².